The minimum atomic E-state index is -4.15. The zero-order valence-corrected chi connectivity index (χ0v) is 12.9. The van der Waals surface area contributed by atoms with Gasteiger partial charge in [-0.3, -0.25) is 9.89 Å². The van der Waals surface area contributed by atoms with Crippen molar-refractivity contribution in [2.24, 2.45) is 10.9 Å². The Bertz CT molecular complexity index is 336. The molecule has 1 fully saturated rings. The quantitative estimate of drug-likeness (QED) is 0.587. The summed E-state index contributed by atoms with van der Waals surface area (Å²) in [5.41, 5.74) is 0. The molecule has 124 valence electrons. The van der Waals surface area contributed by atoms with Crippen LogP contribution in [0.25, 0.3) is 0 Å². The summed E-state index contributed by atoms with van der Waals surface area (Å²) in [7, 11) is 4.83. The lowest BCUT2D eigenvalue weighted by molar-refractivity contribution is -0.142. The molecule has 0 saturated carbocycles. The fraction of sp³-hybridized carbons (Fsp3) is 0.923. The van der Waals surface area contributed by atoms with Gasteiger partial charge in [0.25, 0.3) is 0 Å². The van der Waals surface area contributed by atoms with Gasteiger partial charge in [0.05, 0.1) is 13.2 Å². The van der Waals surface area contributed by atoms with Gasteiger partial charge >= 0.3 is 6.18 Å². The lowest BCUT2D eigenvalue weighted by Gasteiger charge is -2.23. The van der Waals surface area contributed by atoms with E-state index in [0.717, 1.165) is 32.1 Å². The van der Waals surface area contributed by atoms with Crippen molar-refractivity contribution in [2.45, 2.75) is 12.6 Å². The molecule has 1 aliphatic heterocycles. The molecule has 5 nitrogen and oxygen atoms in total. The summed E-state index contributed by atoms with van der Waals surface area (Å²) in [5, 5.41) is 3.12. The third kappa shape index (κ3) is 6.99. The molecule has 0 spiro atoms. The first-order valence-corrected chi connectivity index (χ1v) is 7.05. The number of hydrogen-bond donors (Lipinski definition) is 1. The fourth-order valence-electron chi connectivity index (χ4n) is 2.47. The van der Waals surface area contributed by atoms with E-state index in [0.29, 0.717) is 19.0 Å². The number of hydrogen-bond acceptors (Lipinski definition) is 3. The molecule has 1 rings (SSSR count). The highest BCUT2D eigenvalue weighted by atomic mass is 19.4. The second-order valence-corrected chi connectivity index (χ2v) is 5.38. The van der Waals surface area contributed by atoms with E-state index in [1.54, 1.807) is 14.2 Å². The smallest absolute Gasteiger partial charge is 0.384 e. The molecular formula is C13H25F3N4O. The predicted octanol–water partition coefficient (Wildman–Crippen LogP) is 1.02. The molecule has 1 heterocycles. The Kier molecular flexibility index (Phi) is 7.24. The molecule has 1 atom stereocenters. The Balaban J connectivity index is 2.29. The van der Waals surface area contributed by atoms with Gasteiger partial charge in [0, 0.05) is 46.3 Å². The Morgan fingerprint density at radius 1 is 1.48 bits per heavy atom. The number of likely N-dealkylation sites (tertiary alicyclic amines) is 1. The molecule has 1 N–H and O–H groups in total. The van der Waals surface area contributed by atoms with E-state index in [-0.39, 0.29) is 0 Å². The van der Waals surface area contributed by atoms with Crippen LogP contribution < -0.4 is 5.32 Å². The van der Waals surface area contributed by atoms with Crippen molar-refractivity contribution in [2.75, 3.05) is 60.5 Å². The van der Waals surface area contributed by atoms with Crippen LogP contribution >= 0.6 is 0 Å². The van der Waals surface area contributed by atoms with Gasteiger partial charge in [-0.1, -0.05) is 0 Å². The third-order valence-electron chi connectivity index (χ3n) is 3.43. The molecular weight excluding hydrogens is 285 g/mol. The van der Waals surface area contributed by atoms with Gasteiger partial charge in [-0.05, 0) is 13.5 Å². The molecule has 0 aromatic heterocycles. The minimum absolute atomic E-state index is 0.313. The van der Waals surface area contributed by atoms with Gasteiger partial charge in [-0.2, -0.15) is 13.2 Å². The molecule has 1 saturated heterocycles. The normalized spacial score (nSPS) is 20.4. The van der Waals surface area contributed by atoms with Crippen LogP contribution in [0.15, 0.2) is 4.99 Å². The zero-order chi connectivity index (χ0) is 15.9. The summed E-state index contributed by atoms with van der Waals surface area (Å²) in [6.07, 6.45) is -3.11. The predicted molar refractivity (Wildman–Crippen MR) is 76.5 cm³/mol. The van der Waals surface area contributed by atoms with Crippen molar-refractivity contribution in [3.63, 3.8) is 0 Å². The van der Waals surface area contributed by atoms with E-state index < -0.39 is 12.7 Å². The molecule has 21 heavy (non-hydrogen) atoms. The van der Waals surface area contributed by atoms with Crippen LogP contribution in [0.1, 0.15) is 6.42 Å². The maximum Gasteiger partial charge on any atom is 0.401 e. The summed E-state index contributed by atoms with van der Waals surface area (Å²) < 4.78 is 41.8. The first-order valence-electron chi connectivity index (χ1n) is 7.05. The minimum Gasteiger partial charge on any atom is -0.384 e. The number of likely N-dealkylation sites (N-methyl/N-ethyl adjacent to an activating group) is 1. The number of halogens is 3. The standard InChI is InChI=1S/C13H25F3N4O/c1-17-12(20-6-4-11(8-20)9-21-3)18-5-7-19(2)10-13(14,15)16/h11H,4-10H2,1-3H3,(H,17,18). The van der Waals surface area contributed by atoms with E-state index in [9.17, 15) is 13.2 Å². The number of nitrogens with one attached hydrogen (secondary N) is 1. The van der Waals surface area contributed by atoms with Gasteiger partial charge in [-0.15, -0.1) is 0 Å². The van der Waals surface area contributed by atoms with Gasteiger partial charge in [0.1, 0.15) is 0 Å². The average molecular weight is 310 g/mol. The summed E-state index contributed by atoms with van der Waals surface area (Å²) in [6.45, 7) is 2.34. The highest BCUT2D eigenvalue weighted by Gasteiger charge is 2.29. The van der Waals surface area contributed by atoms with Gasteiger partial charge < -0.3 is 15.0 Å². The van der Waals surface area contributed by atoms with Crippen molar-refractivity contribution in [1.29, 1.82) is 0 Å². The lowest BCUT2D eigenvalue weighted by Crippen LogP contribution is -2.44. The van der Waals surface area contributed by atoms with Crippen molar-refractivity contribution in [3.8, 4) is 0 Å². The maximum absolute atomic E-state index is 12.2. The Morgan fingerprint density at radius 3 is 2.76 bits per heavy atom. The molecule has 0 radical (unpaired) electrons. The zero-order valence-electron chi connectivity index (χ0n) is 12.9. The van der Waals surface area contributed by atoms with Crippen molar-refractivity contribution < 1.29 is 17.9 Å². The fourth-order valence-corrected chi connectivity index (χ4v) is 2.47. The molecule has 0 aromatic rings. The van der Waals surface area contributed by atoms with Crippen molar-refractivity contribution in [1.82, 2.24) is 15.1 Å². The second-order valence-electron chi connectivity index (χ2n) is 5.38. The van der Waals surface area contributed by atoms with E-state index >= 15 is 0 Å². The highest BCUT2D eigenvalue weighted by molar-refractivity contribution is 5.80. The monoisotopic (exact) mass is 310 g/mol. The lowest BCUT2D eigenvalue weighted by atomic mass is 10.1. The summed E-state index contributed by atoms with van der Waals surface area (Å²) in [4.78, 5) is 7.55. The Labute approximate surface area is 124 Å². The number of ether oxygens (including phenoxy) is 1. The first-order chi connectivity index (χ1) is 9.85. The van der Waals surface area contributed by atoms with Gasteiger partial charge in [0.2, 0.25) is 0 Å². The maximum atomic E-state index is 12.2. The molecule has 0 amide bonds. The number of guanidine groups is 1. The first kappa shape index (κ1) is 18.0. The van der Waals surface area contributed by atoms with Crippen LogP contribution in [-0.4, -0.2) is 82.5 Å². The molecule has 0 aliphatic carbocycles. The van der Waals surface area contributed by atoms with E-state index in [2.05, 4.69) is 15.2 Å². The number of rotatable bonds is 6. The summed E-state index contributed by atoms with van der Waals surface area (Å²) in [5.74, 6) is 1.23. The molecule has 0 bridgehead atoms. The number of aliphatic imine (C=N–C) groups is 1. The SMILES string of the molecule is CN=C(NCCN(C)CC(F)(F)F)N1CCC(COC)C1. The summed E-state index contributed by atoms with van der Waals surface area (Å²) in [6, 6.07) is 0. The van der Waals surface area contributed by atoms with Gasteiger partial charge in [0.15, 0.2) is 5.96 Å². The summed E-state index contributed by atoms with van der Waals surface area (Å²) >= 11 is 0. The van der Waals surface area contributed by atoms with Crippen LogP contribution in [0, 0.1) is 5.92 Å². The van der Waals surface area contributed by atoms with E-state index in [4.69, 9.17) is 4.74 Å². The van der Waals surface area contributed by atoms with Crippen LogP contribution in [-0.2, 0) is 4.74 Å². The molecule has 8 heteroatoms. The van der Waals surface area contributed by atoms with E-state index in [1.807, 2.05) is 0 Å². The van der Waals surface area contributed by atoms with Crippen molar-refractivity contribution >= 4 is 5.96 Å². The number of methoxy groups -OCH3 is 1. The van der Waals surface area contributed by atoms with Crippen molar-refractivity contribution in [3.05, 3.63) is 0 Å². The average Bonchev–Trinajstić information content (AvgIpc) is 2.81. The highest BCUT2D eigenvalue weighted by Crippen LogP contribution is 2.16. The second kappa shape index (κ2) is 8.43. The van der Waals surface area contributed by atoms with Crippen LogP contribution in [0.5, 0.6) is 0 Å². The molecule has 0 aromatic carbocycles. The molecule has 1 aliphatic rings. The van der Waals surface area contributed by atoms with Crippen LogP contribution in [0.2, 0.25) is 0 Å². The number of alkyl halides is 3. The van der Waals surface area contributed by atoms with Crippen LogP contribution in [0.3, 0.4) is 0 Å². The Morgan fingerprint density at radius 2 is 2.19 bits per heavy atom. The number of nitrogens with zero attached hydrogens (tertiary/aromatic N) is 3. The topological polar surface area (TPSA) is 40.1 Å². The molecule has 1 unspecified atom stereocenters. The van der Waals surface area contributed by atoms with E-state index in [1.165, 1.54) is 11.9 Å². The third-order valence-corrected chi connectivity index (χ3v) is 3.43. The Hall–Kier alpha value is -1.02. The van der Waals surface area contributed by atoms with Crippen LogP contribution in [0.4, 0.5) is 13.2 Å². The van der Waals surface area contributed by atoms with Gasteiger partial charge in [-0.25, -0.2) is 0 Å². The largest absolute Gasteiger partial charge is 0.401 e.